The van der Waals surface area contributed by atoms with Crippen molar-refractivity contribution in [2.45, 2.75) is 12.5 Å². The molecule has 1 aromatic rings. The fraction of sp³-hybridized carbons (Fsp3) is 0.429. The van der Waals surface area contributed by atoms with Crippen molar-refractivity contribution in [2.24, 2.45) is 4.99 Å². The number of guanidine groups is 1. The van der Waals surface area contributed by atoms with Crippen LogP contribution in [0.15, 0.2) is 23.2 Å². The third-order valence-electron chi connectivity index (χ3n) is 3.32. The van der Waals surface area contributed by atoms with Crippen molar-refractivity contribution >= 4 is 11.9 Å². The summed E-state index contributed by atoms with van der Waals surface area (Å²) in [5.41, 5.74) is -1.12. The molecule has 0 spiro atoms. The second-order valence-corrected chi connectivity index (χ2v) is 4.74. The summed E-state index contributed by atoms with van der Waals surface area (Å²) in [7, 11) is 3.00. The van der Waals surface area contributed by atoms with Gasteiger partial charge in [-0.1, -0.05) is 6.07 Å². The van der Waals surface area contributed by atoms with E-state index in [-0.39, 0.29) is 11.5 Å². The Morgan fingerprint density at radius 1 is 1.38 bits per heavy atom. The van der Waals surface area contributed by atoms with Crippen LogP contribution in [-0.2, 0) is 15.1 Å². The second kappa shape index (κ2) is 6.09. The molecule has 21 heavy (non-hydrogen) atoms. The molecule has 1 amide bonds. The summed E-state index contributed by atoms with van der Waals surface area (Å²) in [4.78, 5) is 16.4. The molecule has 2 N–H and O–H groups in total. The van der Waals surface area contributed by atoms with Crippen LogP contribution in [0.3, 0.4) is 0 Å². The zero-order valence-electron chi connectivity index (χ0n) is 12.2. The minimum Gasteiger partial charge on any atom is -0.496 e. The van der Waals surface area contributed by atoms with Gasteiger partial charge in [0.2, 0.25) is 0 Å². The van der Waals surface area contributed by atoms with E-state index in [0.717, 1.165) is 0 Å². The first-order valence-electron chi connectivity index (χ1n) is 6.49. The van der Waals surface area contributed by atoms with E-state index in [1.165, 1.54) is 19.2 Å². The third kappa shape index (κ3) is 2.82. The van der Waals surface area contributed by atoms with Gasteiger partial charge in [0.15, 0.2) is 5.96 Å². The molecule has 1 aliphatic heterocycles. The summed E-state index contributed by atoms with van der Waals surface area (Å²) >= 11 is 0. The van der Waals surface area contributed by atoms with Gasteiger partial charge >= 0.3 is 0 Å². The summed E-state index contributed by atoms with van der Waals surface area (Å²) in [6.07, 6.45) is 0. The molecule has 0 bridgehead atoms. The molecular weight excluding hydrogens is 277 g/mol. The molecule has 1 aromatic carbocycles. The number of carbonyl (C=O) groups is 1. The number of nitrogens with one attached hydrogen (secondary N) is 2. The minimum absolute atomic E-state index is 0.155. The molecule has 114 valence electrons. The van der Waals surface area contributed by atoms with Crippen LogP contribution < -0.4 is 15.4 Å². The average Bonchev–Trinajstić information content (AvgIpc) is 2.74. The standard InChI is InChI=1S/C14H18FN3O3/c1-14(11-9(15)5-4-6-10(11)21-3)12(19)17-13(18-14)16-7-8-20-2/h4-6H,7-8H2,1-3H3,(H2,16,17,18,19). The fourth-order valence-corrected chi connectivity index (χ4v) is 2.22. The number of amides is 1. The molecule has 0 aromatic heterocycles. The molecule has 1 atom stereocenters. The molecule has 0 saturated carbocycles. The molecule has 7 heteroatoms. The quantitative estimate of drug-likeness (QED) is 0.787. The highest BCUT2D eigenvalue weighted by Crippen LogP contribution is 2.34. The molecule has 0 aliphatic carbocycles. The number of hydrogen-bond donors (Lipinski definition) is 2. The topological polar surface area (TPSA) is 72.0 Å². The van der Waals surface area contributed by atoms with E-state index in [4.69, 9.17) is 9.47 Å². The second-order valence-electron chi connectivity index (χ2n) is 4.74. The Morgan fingerprint density at radius 3 is 2.81 bits per heavy atom. The molecule has 0 radical (unpaired) electrons. The van der Waals surface area contributed by atoms with Gasteiger partial charge in [-0.25, -0.2) is 4.39 Å². The smallest absolute Gasteiger partial charge is 0.257 e. The zero-order chi connectivity index (χ0) is 15.5. The van der Waals surface area contributed by atoms with E-state index in [2.05, 4.69) is 15.6 Å². The summed E-state index contributed by atoms with van der Waals surface area (Å²) in [5, 5.41) is 5.52. The summed E-state index contributed by atoms with van der Waals surface area (Å²) < 4.78 is 24.2. The maximum Gasteiger partial charge on any atom is 0.257 e. The van der Waals surface area contributed by atoms with E-state index in [1.807, 2.05) is 0 Å². The van der Waals surface area contributed by atoms with E-state index in [1.54, 1.807) is 20.1 Å². The van der Waals surface area contributed by atoms with Crippen molar-refractivity contribution < 1.29 is 18.7 Å². The van der Waals surface area contributed by atoms with Crippen molar-refractivity contribution in [2.75, 3.05) is 27.4 Å². The Balaban J connectivity index is 2.35. The van der Waals surface area contributed by atoms with Gasteiger partial charge < -0.3 is 14.8 Å². The van der Waals surface area contributed by atoms with E-state index >= 15 is 0 Å². The van der Waals surface area contributed by atoms with Crippen molar-refractivity contribution in [3.8, 4) is 5.75 Å². The maximum atomic E-state index is 14.2. The van der Waals surface area contributed by atoms with Crippen LogP contribution in [0.25, 0.3) is 0 Å². The van der Waals surface area contributed by atoms with Gasteiger partial charge in [-0.15, -0.1) is 0 Å². The third-order valence-corrected chi connectivity index (χ3v) is 3.32. The molecular formula is C14H18FN3O3. The fourth-order valence-electron chi connectivity index (χ4n) is 2.22. The van der Waals surface area contributed by atoms with Gasteiger partial charge in [-0.2, -0.15) is 0 Å². The Bertz CT molecular complexity index is 577. The highest BCUT2D eigenvalue weighted by atomic mass is 19.1. The van der Waals surface area contributed by atoms with Crippen LogP contribution in [0.2, 0.25) is 0 Å². The first kappa shape index (κ1) is 15.2. The number of methoxy groups -OCH3 is 2. The number of halogens is 1. The molecule has 1 heterocycles. The lowest BCUT2D eigenvalue weighted by Gasteiger charge is -2.24. The maximum absolute atomic E-state index is 14.2. The largest absolute Gasteiger partial charge is 0.496 e. The van der Waals surface area contributed by atoms with Crippen LogP contribution >= 0.6 is 0 Å². The number of carbonyl (C=O) groups excluding carboxylic acids is 1. The Hall–Kier alpha value is -2.15. The predicted octanol–water partition coefficient (Wildman–Crippen LogP) is 0.771. The number of hydrogen-bond acceptors (Lipinski definition) is 4. The van der Waals surface area contributed by atoms with E-state index < -0.39 is 11.4 Å². The number of rotatable bonds is 5. The van der Waals surface area contributed by atoms with E-state index in [9.17, 15) is 9.18 Å². The summed E-state index contributed by atoms with van der Waals surface area (Å²) in [6.45, 7) is 2.41. The van der Waals surface area contributed by atoms with Crippen molar-refractivity contribution in [3.05, 3.63) is 29.6 Å². The van der Waals surface area contributed by atoms with Crippen LogP contribution in [0.4, 0.5) is 4.39 Å². The van der Waals surface area contributed by atoms with Gasteiger partial charge in [0.05, 0.1) is 25.8 Å². The van der Waals surface area contributed by atoms with Crippen LogP contribution in [0.1, 0.15) is 12.5 Å². The van der Waals surface area contributed by atoms with Gasteiger partial charge in [0, 0.05) is 7.11 Å². The number of aliphatic imine (C=N–C) groups is 1. The number of benzene rings is 1. The molecule has 1 saturated heterocycles. The lowest BCUT2D eigenvalue weighted by molar-refractivity contribution is -0.123. The number of ether oxygens (including phenoxy) is 2. The highest BCUT2D eigenvalue weighted by Gasteiger charge is 2.46. The van der Waals surface area contributed by atoms with Crippen molar-refractivity contribution in [3.63, 3.8) is 0 Å². The number of nitrogens with zero attached hydrogens (tertiary/aromatic N) is 1. The molecule has 6 nitrogen and oxygen atoms in total. The van der Waals surface area contributed by atoms with Gasteiger partial charge in [-0.05, 0) is 19.1 Å². The predicted molar refractivity (Wildman–Crippen MR) is 75.8 cm³/mol. The zero-order valence-corrected chi connectivity index (χ0v) is 12.2. The van der Waals surface area contributed by atoms with Crippen molar-refractivity contribution in [1.82, 2.24) is 10.6 Å². The minimum atomic E-state index is -1.28. The molecule has 1 aliphatic rings. The van der Waals surface area contributed by atoms with Gasteiger partial charge in [0.25, 0.3) is 5.91 Å². The Kier molecular flexibility index (Phi) is 4.42. The van der Waals surface area contributed by atoms with Crippen LogP contribution in [0, 0.1) is 5.82 Å². The van der Waals surface area contributed by atoms with Crippen molar-refractivity contribution in [1.29, 1.82) is 0 Å². The average molecular weight is 295 g/mol. The first-order valence-corrected chi connectivity index (χ1v) is 6.49. The van der Waals surface area contributed by atoms with E-state index in [0.29, 0.717) is 24.9 Å². The monoisotopic (exact) mass is 295 g/mol. The van der Waals surface area contributed by atoms with Gasteiger partial charge in [-0.3, -0.25) is 15.1 Å². The Morgan fingerprint density at radius 2 is 2.14 bits per heavy atom. The molecule has 1 unspecified atom stereocenters. The summed E-state index contributed by atoms with van der Waals surface area (Å²) in [6, 6.07) is 4.43. The van der Waals surface area contributed by atoms with Crippen LogP contribution in [0.5, 0.6) is 5.75 Å². The highest BCUT2D eigenvalue weighted by molar-refractivity contribution is 6.09. The SMILES string of the molecule is COCCN=C1NC(=O)C(C)(c2c(F)cccc2OC)N1. The first-order chi connectivity index (χ1) is 10.0. The molecule has 2 rings (SSSR count). The molecule has 1 fully saturated rings. The lowest BCUT2D eigenvalue weighted by Crippen LogP contribution is -2.41. The normalized spacial score (nSPS) is 23.0. The Labute approximate surface area is 122 Å². The van der Waals surface area contributed by atoms with Crippen LogP contribution in [-0.4, -0.2) is 39.2 Å². The lowest BCUT2D eigenvalue weighted by atomic mass is 9.91. The van der Waals surface area contributed by atoms with Gasteiger partial charge in [0.1, 0.15) is 17.1 Å². The summed E-state index contributed by atoms with van der Waals surface area (Å²) in [5.74, 6) is -0.303.